The molecule has 3 rings (SSSR count). The van der Waals surface area contributed by atoms with Gasteiger partial charge in [0.15, 0.2) is 0 Å². The number of halogens is 1. The molecule has 2 aromatic carbocycles. The van der Waals surface area contributed by atoms with Gasteiger partial charge >= 0.3 is 0 Å². The molecule has 0 aromatic heterocycles. The van der Waals surface area contributed by atoms with E-state index in [1.807, 2.05) is 41.1 Å². The first-order chi connectivity index (χ1) is 12.0. The van der Waals surface area contributed by atoms with E-state index in [4.69, 9.17) is 5.73 Å². The van der Waals surface area contributed by atoms with E-state index in [9.17, 15) is 4.79 Å². The molecular formula is C20H22BrN3O. The normalized spacial score (nSPS) is 19.6. The lowest BCUT2D eigenvalue weighted by molar-refractivity contribution is -0.139. The van der Waals surface area contributed by atoms with Gasteiger partial charge < -0.3 is 15.5 Å². The highest BCUT2D eigenvalue weighted by Crippen LogP contribution is 2.32. The van der Waals surface area contributed by atoms with Crippen LogP contribution in [0.15, 0.2) is 64.9 Å². The Morgan fingerprint density at radius 3 is 2.60 bits per heavy atom. The van der Waals surface area contributed by atoms with Crippen molar-refractivity contribution in [1.82, 2.24) is 9.80 Å². The van der Waals surface area contributed by atoms with Gasteiger partial charge in [0, 0.05) is 30.0 Å². The molecule has 4 nitrogen and oxygen atoms in total. The Morgan fingerprint density at radius 2 is 1.96 bits per heavy atom. The molecule has 1 unspecified atom stereocenters. The van der Waals surface area contributed by atoms with Crippen molar-refractivity contribution in [3.05, 3.63) is 81.6 Å². The third-order valence-corrected chi connectivity index (χ3v) is 5.08. The highest BCUT2D eigenvalue weighted by molar-refractivity contribution is 9.10. The molecule has 5 heteroatoms. The third kappa shape index (κ3) is 3.71. The molecule has 0 aliphatic carbocycles. The van der Waals surface area contributed by atoms with Crippen LogP contribution in [0.4, 0.5) is 0 Å². The van der Waals surface area contributed by atoms with Crippen molar-refractivity contribution in [2.75, 3.05) is 13.6 Å². The molecule has 1 saturated heterocycles. The first-order valence-corrected chi connectivity index (χ1v) is 9.02. The maximum Gasteiger partial charge on any atom is 0.250 e. The average Bonchev–Trinajstić information content (AvgIpc) is 2.59. The van der Waals surface area contributed by atoms with Gasteiger partial charge in [-0.2, -0.15) is 0 Å². The molecule has 1 atom stereocenters. The summed E-state index contributed by atoms with van der Waals surface area (Å²) in [4.78, 5) is 17.0. The lowest BCUT2D eigenvalue weighted by atomic mass is 10.00. The summed E-state index contributed by atoms with van der Waals surface area (Å²) in [6, 6.07) is 15.8. The van der Waals surface area contributed by atoms with Crippen LogP contribution in [0.3, 0.4) is 0 Å². The monoisotopic (exact) mass is 399 g/mol. The molecule has 0 spiro atoms. The second-order valence-electron chi connectivity index (χ2n) is 6.41. The summed E-state index contributed by atoms with van der Waals surface area (Å²) in [5.74, 6) is 0.0896. The summed E-state index contributed by atoms with van der Waals surface area (Å²) < 4.78 is 0.958. The average molecular weight is 400 g/mol. The summed E-state index contributed by atoms with van der Waals surface area (Å²) in [6.45, 7) is 3.16. The van der Waals surface area contributed by atoms with Crippen molar-refractivity contribution < 1.29 is 4.79 Å². The van der Waals surface area contributed by atoms with Gasteiger partial charge in [0.05, 0.1) is 6.54 Å². The number of nitrogens with two attached hydrogens (primary N) is 1. The predicted molar refractivity (Wildman–Crippen MR) is 104 cm³/mol. The van der Waals surface area contributed by atoms with Gasteiger partial charge in [-0.1, -0.05) is 57.9 Å². The largest absolute Gasteiger partial charge is 0.403 e. The van der Waals surface area contributed by atoms with Gasteiger partial charge in [0.2, 0.25) is 0 Å². The van der Waals surface area contributed by atoms with Crippen molar-refractivity contribution in [2.45, 2.75) is 19.5 Å². The maximum absolute atomic E-state index is 13.2. The van der Waals surface area contributed by atoms with Crippen LogP contribution in [-0.4, -0.2) is 29.3 Å². The van der Waals surface area contributed by atoms with Gasteiger partial charge in [0.25, 0.3) is 5.91 Å². The van der Waals surface area contributed by atoms with Crippen LogP contribution >= 0.6 is 15.9 Å². The number of carbonyl (C=O) groups is 1. The first-order valence-electron chi connectivity index (χ1n) is 8.23. The zero-order valence-corrected chi connectivity index (χ0v) is 16.0. The van der Waals surface area contributed by atoms with Crippen LogP contribution < -0.4 is 5.73 Å². The fraction of sp³-hybridized carbons (Fsp3) is 0.250. The van der Waals surface area contributed by atoms with Crippen molar-refractivity contribution in [1.29, 1.82) is 0 Å². The van der Waals surface area contributed by atoms with E-state index in [0.717, 1.165) is 21.3 Å². The number of likely N-dealkylation sites (N-methyl/N-ethyl adjacent to an activating group) is 1. The smallest absolute Gasteiger partial charge is 0.250 e. The van der Waals surface area contributed by atoms with Crippen LogP contribution in [0, 0.1) is 6.92 Å². The Labute approximate surface area is 157 Å². The van der Waals surface area contributed by atoms with E-state index in [1.165, 1.54) is 5.56 Å². The summed E-state index contributed by atoms with van der Waals surface area (Å²) in [7, 11) is 1.92. The number of carbonyl (C=O) groups excluding carboxylic acids is 1. The summed E-state index contributed by atoms with van der Waals surface area (Å²) in [6.07, 6.45) is 1.60. The SMILES string of the molecule is Cc1ccc(CN2C/C(=C/N)N(C)C(c3cccc(Br)c3)C2=O)cc1. The van der Waals surface area contributed by atoms with E-state index in [1.54, 1.807) is 6.20 Å². The molecule has 0 radical (unpaired) electrons. The zero-order chi connectivity index (χ0) is 18.0. The quantitative estimate of drug-likeness (QED) is 0.857. The number of rotatable bonds is 3. The van der Waals surface area contributed by atoms with Gasteiger partial charge in [-0.05, 0) is 30.2 Å². The molecule has 1 fully saturated rings. The zero-order valence-electron chi connectivity index (χ0n) is 14.4. The predicted octanol–water partition coefficient (Wildman–Crippen LogP) is 3.57. The molecule has 25 heavy (non-hydrogen) atoms. The van der Waals surface area contributed by atoms with Crippen LogP contribution in [0.2, 0.25) is 0 Å². The van der Waals surface area contributed by atoms with Gasteiger partial charge in [-0.3, -0.25) is 4.79 Å². The standard InChI is InChI=1S/C20H22BrN3O/c1-14-6-8-15(9-7-14)12-24-13-18(11-22)23(2)19(20(24)25)16-4-3-5-17(21)10-16/h3-11,19H,12-13,22H2,1-2H3/b18-11-. The summed E-state index contributed by atoms with van der Waals surface area (Å²) in [5, 5.41) is 0. The third-order valence-electron chi connectivity index (χ3n) is 4.59. The molecule has 1 heterocycles. The van der Waals surface area contributed by atoms with Crippen molar-refractivity contribution >= 4 is 21.8 Å². The Balaban J connectivity index is 1.92. The molecule has 1 amide bonds. The van der Waals surface area contributed by atoms with Crippen molar-refractivity contribution in [3.8, 4) is 0 Å². The highest BCUT2D eigenvalue weighted by Gasteiger charge is 2.36. The molecular weight excluding hydrogens is 378 g/mol. The minimum atomic E-state index is -0.369. The molecule has 0 bridgehead atoms. The maximum atomic E-state index is 13.2. The fourth-order valence-corrected chi connectivity index (χ4v) is 3.57. The lowest BCUT2D eigenvalue weighted by Gasteiger charge is -2.41. The number of amides is 1. The molecule has 1 aliphatic rings. The van der Waals surface area contributed by atoms with Crippen LogP contribution in [0.1, 0.15) is 22.7 Å². The van der Waals surface area contributed by atoms with Crippen molar-refractivity contribution in [2.24, 2.45) is 5.73 Å². The lowest BCUT2D eigenvalue weighted by Crippen LogP contribution is -2.49. The highest BCUT2D eigenvalue weighted by atomic mass is 79.9. The Hall–Kier alpha value is -2.27. The molecule has 130 valence electrons. The van der Waals surface area contributed by atoms with Crippen LogP contribution in [0.25, 0.3) is 0 Å². The Morgan fingerprint density at radius 1 is 1.24 bits per heavy atom. The minimum Gasteiger partial charge on any atom is -0.403 e. The number of piperazine rings is 1. The minimum absolute atomic E-state index is 0.0896. The number of hydrogen-bond acceptors (Lipinski definition) is 3. The van der Waals surface area contributed by atoms with Crippen LogP contribution in [-0.2, 0) is 11.3 Å². The van der Waals surface area contributed by atoms with Gasteiger partial charge in [0.1, 0.15) is 6.04 Å². The molecule has 2 aromatic rings. The Bertz CT molecular complexity index is 801. The number of nitrogens with zero attached hydrogens (tertiary/aromatic N) is 2. The molecule has 2 N–H and O–H groups in total. The van der Waals surface area contributed by atoms with E-state index in [-0.39, 0.29) is 11.9 Å². The molecule has 0 saturated carbocycles. The van der Waals surface area contributed by atoms with E-state index < -0.39 is 0 Å². The summed E-state index contributed by atoms with van der Waals surface area (Å²) >= 11 is 3.49. The Kier molecular flexibility index (Phi) is 5.13. The van der Waals surface area contributed by atoms with Gasteiger partial charge in [-0.15, -0.1) is 0 Å². The molecule has 1 aliphatic heterocycles. The van der Waals surface area contributed by atoms with Crippen molar-refractivity contribution in [3.63, 3.8) is 0 Å². The first kappa shape index (κ1) is 17.5. The van der Waals surface area contributed by atoms with E-state index >= 15 is 0 Å². The topological polar surface area (TPSA) is 49.6 Å². The number of hydrogen-bond donors (Lipinski definition) is 1. The van der Waals surface area contributed by atoms with E-state index in [0.29, 0.717) is 13.1 Å². The van der Waals surface area contributed by atoms with Crippen LogP contribution in [0.5, 0.6) is 0 Å². The fourth-order valence-electron chi connectivity index (χ4n) is 3.15. The summed E-state index contributed by atoms with van der Waals surface area (Å²) in [5.41, 5.74) is 10.1. The van der Waals surface area contributed by atoms with Gasteiger partial charge in [-0.25, -0.2) is 0 Å². The second kappa shape index (κ2) is 7.31. The second-order valence-corrected chi connectivity index (χ2v) is 7.32. The number of benzene rings is 2. The number of aryl methyl sites for hydroxylation is 1. The van der Waals surface area contributed by atoms with E-state index in [2.05, 4.69) is 47.1 Å².